The van der Waals surface area contributed by atoms with Crippen LogP contribution in [0.4, 0.5) is 0 Å². The van der Waals surface area contributed by atoms with E-state index in [4.69, 9.17) is 0 Å². The summed E-state index contributed by atoms with van der Waals surface area (Å²) in [6.45, 7) is 19.8. The molecule has 29 heavy (non-hydrogen) atoms. The summed E-state index contributed by atoms with van der Waals surface area (Å²) in [5.41, 5.74) is 3.41. The Hall–Kier alpha value is -0.480. The van der Waals surface area contributed by atoms with Gasteiger partial charge >= 0.3 is 0 Å². The van der Waals surface area contributed by atoms with Crippen molar-refractivity contribution in [2.24, 2.45) is 0 Å². The minimum absolute atomic E-state index is 0. The van der Waals surface area contributed by atoms with E-state index in [1.807, 2.05) is 0 Å². The number of nitrogens with zero attached hydrogens (tertiary/aromatic N) is 1. The first-order chi connectivity index (χ1) is 12.6. The molecule has 5 heteroatoms. The van der Waals surface area contributed by atoms with E-state index >= 15 is 0 Å². The Morgan fingerprint density at radius 3 is 1.83 bits per heavy atom. The molecule has 1 aromatic rings. The molecule has 1 fully saturated rings. The lowest BCUT2D eigenvalue weighted by molar-refractivity contribution is 0.162. The number of aromatic hydroxyl groups is 1. The Morgan fingerprint density at radius 1 is 0.931 bits per heavy atom. The van der Waals surface area contributed by atoms with Crippen molar-refractivity contribution in [2.75, 3.05) is 26.2 Å². The van der Waals surface area contributed by atoms with E-state index in [0.717, 1.165) is 37.3 Å². The van der Waals surface area contributed by atoms with Crippen molar-refractivity contribution in [3.8, 4) is 5.75 Å². The summed E-state index contributed by atoms with van der Waals surface area (Å²) >= 11 is 0. The predicted molar refractivity (Wildman–Crippen MR) is 131 cm³/mol. The van der Waals surface area contributed by atoms with Gasteiger partial charge in [0.2, 0.25) is 0 Å². The van der Waals surface area contributed by atoms with Crippen LogP contribution >= 0.6 is 24.8 Å². The second-order valence-electron chi connectivity index (χ2n) is 10.3. The molecular weight excluding hydrogens is 403 g/mol. The molecule has 1 aliphatic rings. The van der Waals surface area contributed by atoms with Crippen LogP contribution < -0.4 is 5.32 Å². The van der Waals surface area contributed by atoms with Crippen molar-refractivity contribution in [3.05, 3.63) is 28.8 Å². The van der Waals surface area contributed by atoms with Crippen LogP contribution in [0.5, 0.6) is 5.75 Å². The maximum Gasteiger partial charge on any atom is 0.123 e. The highest BCUT2D eigenvalue weighted by molar-refractivity contribution is 5.85. The smallest absolute Gasteiger partial charge is 0.123 e. The lowest BCUT2D eigenvalue weighted by atomic mass is 9.77. The molecule has 1 saturated heterocycles. The molecule has 0 amide bonds. The highest BCUT2D eigenvalue weighted by Gasteiger charge is 2.30. The minimum atomic E-state index is -0.0719. The molecule has 0 aromatic heterocycles. The SMILES string of the molecule is CCCCC[C@@H](c1cc(C(C)(C)C)c(O)c(C(C)(C)C)c1)N1CCNCC1.Cl.Cl. The van der Waals surface area contributed by atoms with Gasteiger partial charge in [0.15, 0.2) is 0 Å². The van der Waals surface area contributed by atoms with E-state index in [0.29, 0.717) is 11.8 Å². The van der Waals surface area contributed by atoms with E-state index < -0.39 is 0 Å². The van der Waals surface area contributed by atoms with E-state index in [2.05, 4.69) is 70.8 Å². The molecule has 1 heterocycles. The summed E-state index contributed by atoms with van der Waals surface area (Å²) in [6.07, 6.45) is 5.01. The normalized spacial score (nSPS) is 16.7. The van der Waals surface area contributed by atoms with Crippen LogP contribution in [-0.4, -0.2) is 36.2 Å². The van der Waals surface area contributed by atoms with Crippen molar-refractivity contribution in [2.45, 2.75) is 91.0 Å². The van der Waals surface area contributed by atoms with Gasteiger partial charge in [-0.3, -0.25) is 4.90 Å². The predicted octanol–water partition coefficient (Wildman–Crippen LogP) is 6.36. The fourth-order valence-electron chi connectivity index (χ4n) is 4.13. The molecule has 2 rings (SSSR count). The van der Waals surface area contributed by atoms with Crippen LogP contribution in [0.15, 0.2) is 12.1 Å². The van der Waals surface area contributed by atoms with Gasteiger partial charge in [-0.15, -0.1) is 24.8 Å². The van der Waals surface area contributed by atoms with Gasteiger partial charge in [-0.2, -0.15) is 0 Å². The third-order valence-electron chi connectivity index (χ3n) is 5.81. The lowest BCUT2D eigenvalue weighted by Crippen LogP contribution is -2.45. The van der Waals surface area contributed by atoms with E-state index in [9.17, 15) is 5.11 Å². The second-order valence-corrected chi connectivity index (χ2v) is 10.3. The lowest BCUT2D eigenvalue weighted by Gasteiger charge is -2.37. The number of benzene rings is 1. The van der Waals surface area contributed by atoms with Gasteiger partial charge in [-0.05, 0) is 46.1 Å². The largest absolute Gasteiger partial charge is 0.507 e. The highest BCUT2D eigenvalue weighted by Crippen LogP contribution is 2.42. The average Bonchev–Trinajstić information content (AvgIpc) is 2.58. The Bertz CT molecular complexity index is 579. The average molecular weight is 448 g/mol. The topological polar surface area (TPSA) is 35.5 Å². The van der Waals surface area contributed by atoms with E-state index in [-0.39, 0.29) is 35.6 Å². The van der Waals surface area contributed by atoms with Crippen LogP contribution in [0.2, 0.25) is 0 Å². The monoisotopic (exact) mass is 446 g/mol. The molecule has 0 radical (unpaired) electrons. The van der Waals surface area contributed by atoms with Gasteiger partial charge in [-0.25, -0.2) is 0 Å². The number of unbranched alkanes of at least 4 members (excludes halogenated alkanes) is 2. The fraction of sp³-hybridized carbons (Fsp3) is 0.750. The van der Waals surface area contributed by atoms with E-state index in [1.165, 1.54) is 31.2 Å². The first-order valence-corrected chi connectivity index (χ1v) is 10.9. The van der Waals surface area contributed by atoms with Crippen LogP contribution in [0.3, 0.4) is 0 Å². The molecular formula is C24H44Cl2N2O. The molecule has 0 aliphatic carbocycles. The molecule has 2 N–H and O–H groups in total. The Kier molecular flexibility index (Phi) is 11.6. The van der Waals surface area contributed by atoms with Crippen molar-refractivity contribution < 1.29 is 5.11 Å². The molecule has 1 aromatic carbocycles. The molecule has 3 nitrogen and oxygen atoms in total. The Balaban J connectivity index is 0.00000392. The molecule has 0 saturated carbocycles. The van der Waals surface area contributed by atoms with Crippen molar-refractivity contribution in [1.29, 1.82) is 0 Å². The van der Waals surface area contributed by atoms with Gasteiger partial charge in [0, 0.05) is 32.2 Å². The van der Waals surface area contributed by atoms with Gasteiger partial charge in [0.1, 0.15) is 5.75 Å². The zero-order valence-corrected chi connectivity index (χ0v) is 21.2. The maximum absolute atomic E-state index is 11.1. The summed E-state index contributed by atoms with van der Waals surface area (Å²) in [7, 11) is 0. The number of piperazine rings is 1. The van der Waals surface area contributed by atoms with Crippen molar-refractivity contribution in [1.82, 2.24) is 10.2 Å². The van der Waals surface area contributed by atoms with Crippen molar-refractivity contribution in [3.63, 3.8) is 0 Å². The Morgan fingerprint density at radius 2 is 1.41 bits per heavy atom. The summed E-state index contributed by atoms with van der Waals surface area (Å²) in [4.78, 5) is 2.65. The van der Waals surface area contributed by atoms with Crippen LogP contribution in [0.1, 0.15) is 96.9 Å². The number of rotatable bonds is 6. The first kappa shape index (κ1) is 28.5. The highest BCUT2D eigenvalue weighted by atomic mass is 35.5. The molecule has 0 unspecified atom stereocenters. The number of hydrogen-bond acceptors (Lipinski definition) is 3. The summed E-state index contributed by atoms with van der Waals surface area (Å²) in [6, 6.07) is 5.04. The number of phenols is 1. The number of phenolic OH excluding ortho intramolecular Hbond substituents is 1. The third kappa shape index (κ3) is 7.61. The molecule has 170 valence electrons. The zero-order valence-electron chi connectivity index (χ0n) is 19.6. The quantitative estimate of drug-likeness (QED) is 0.498. The molecule has 1 aliphatic heterocycles. The van der Waals surface area contributed by atoms with Gasteiger partial charge in [-0.1, -0.05) is 67.7 Å². The molecule has 0 bridgehead atoms. The standard InChI is InChI=1S/C24H42N2O.2ClH/c1-8-9-10-11-21(26-14-12-25-13-15-26)18-16-19(23(2,3)4)22(27)20(17-18)24(5,6)7;;/h16-17,21,25,27H,8-15H2,1-7H3;2*1H/t21-;;/m0../s1. The van der Waals surface area contributed by atoms with Crippen LogP contribution in [0, 0.1) is 0 Å². The van der Waals surface area contributed by atoms with Gasteiger partial charge < -0.3 is 10.4 Å². The second kappa shape index (κ2) is 11.8. The van der Waals surface area contributed by atoms with E-state index in [1.54, 1.807) is 0 Å². The Labute approximate surface area is 191 Å². The van der Waals surface area contributed by atoms with Gasteiger partial charge in [0.05, 0.1) is 0 Å². The number of nitrogens with one attached hydrogen (secondary N) is 1. The zero-order chi connectivity index (χ0) is 20.2. The van der Waals surface area contributed by atoms with Crippen LogP contribution in [-0.2, 0) is 10.8 Å². The summed E-state index contributed by atoms with van der Waals surface area (Å²) < 4.78 is 0. The minimum Gasteiger partial charge on any atom is -0.507 e. The van der Waals surface area contributed by atoms with Crippen LogP contribution in [0.25, 0.3) is 0 Å². The number of halogens is 2. The summed E-state index contributed by atoms with van der Waals surface area (Å²) in [5.74, 6) is 0.492. The first-order valence-electron chi connectivity index (χ1n) is 10.9. The third-order valence-corrected chi connectivity index (χ3v) is 5.81. The maximum atomic E-state index is 11.1. The molecule has 0 spiro atoms. The fourth-order valence-corrected chi connectivity index (χ4v) is 4.13. The molecule has 1 atom stereocenters. The van der Waals surface area contributed by atoms with Crippen molar-refractivity contribution >= 4 is 24.8 Å². The summed E-state index contributed by atoms with van der Waals surface area (Å²) in [5, 5.41) is 14.6. The number of hydrogen-bond donors (Lipinski definition) is 2. The van der Waals surface area contributed by atoms with Gasteiger partial charge in [0.25, 0.3) is 0 Å².